The largest absolute Gasteiger partial charge is 0.507 e. The van der Waals surface area contributed by atoms with Gasteiger partial charge in [-0.1, -0.05) is 5.16 Å². The highest BCUT2D eigenvalue weighted by Gasteiger charge is 2.32. The molecule has 0 atom stereocenters. The Morgan fingerprint density at radius 3 is 2.39 bits per heavy atom. The summed E-state index contributed by atoms with van der Waals surface area (Å²) in [6, 6.07) is 2.76. The van der Waals surface area contributed by atoms with Gasteiger partial charge in [-0.05, 0) is 28.1 Å². The maximum atomic E-state index is 12.5. The number of nitrogen functional groups attached to an aromatic ring is 1. The quantitative estimate of drug-likeness (QED) is 0.843. The fourth-order valence-electron chi connectivity index (χ4n) is 1.42. The van der Waals surface area contributed by atoms with Gasteiger partial charge in [-0.25, -0.2) is 0 Å². The van der Waals surface area contributed by atoms with Crippen LogP contribution in [0.4, 0.5) is 19.1 Å². The molecule has 0 bridgehead atoms. The standard InChI is InChI=1S/C10H6BrF3N2O2/c11-5-1-4(10(12,13)14)2-7(17)9(5)6-3-8(15)18-16-6/h1-3,17H,15H2. The molecular weight excluding hydrogens is 317 g/mol. The second-order valence-corrected chi connectivity index (χ2v) is 4.32. The van der Waals surface area contributed by atoms with E-state index >= 15 is 0 Å². The van der Waals surface area contributed by atoms with E-state index in [4.69, 9.17) is 5.73 Å². The van der Waals surface area contributed by atoms with Crippen LogP contribution < -0.4 is 5.73 Å². The fraction of sp³-hybridized carbons (Fsp3) is 0.100. The summed E-state index contributed by atoms with van der Waals surface area (Å²) in [6.45, 7) is 0. The average molecular weight is 323 g/mol. The Kier molecular flexibility index (Phi) is 2.97. The molecule has 3 N–H and O–H groups in total. The average Bonchev–Trinajstić information content (AvgIpc) is 2.62. The third-order valence-electron chi connectivity index (χ3n) is 2.18. The Balaban J connectivity index is 2.58. The molecule has 0 spiro atoms. The summed E-state index contributed by atoms with van der Waals surface area (Å²) in [7, 11) is 0. The van der Waals surface area contributed by atoms with Crippen LogP contribution in [0.15, 0.2) is 27.2 Å². The highest BCUT2D eigenvalue weighted by molar-refractivity contribution is 9.10. The van der Waals surface area contributed by atoms with E-state index < -0.39 is 17.5 Å². The summed E-state index contributed by atoms with van der Waals surface area (Å²) >= 11 is 2.95. The molecule has 4 nitrogen and oxygen atoms in total. The number of nitrogens with zero attached hydrogens (tertiary/aromatic N) is 1. The minimum Gasteiger partial charge on any atom is -0.507 e. The van der Waals surface area contributed by atoms with Crippen LogP contribution in [0, 0.1) is 0 Å². The van der Waals surface area contributed by atoms with Crippen molar-refractivity contribution in [3.05, 3.63) is 28.2 Å². The van der Waals surface area contributed by atoms with Crippen LogP contribution >= 0.6 is 15.9 Å². The van der Waals surface area contributed by atoms with Gasteiger partial charge in [0, 0.05) is 10.5 Å². The van der Waals surface area contributed by atoms with Gasteiger partial charge in [0.15, 0.2) is 0 Å². The Hall–Kier alpha value is -1.70. The zero-order valence-corrected chi connectivity index (χ0v) is 10.2. The van der Waals surface area contributed by atoms with Crippen molar-refractivity contribution >= 4 is 21.8 Å². The predicted octanol–water partition coefficient (Wildman–Crippen LogP) is 3.41. The molecule has 8 heteroatoms. The molecule has 0 saturated heterocycles. The molecule has 18 heavy (non-hydrogen) atoms. The molecule has 2 aromatic rings. The number of aromatic hydroxyl groups is 1. The van der Waals surface area contributed by atoms with Crippen LogP contribution in [0.2, 0.25) is 0 Å². The molecule has 0 saturated carbocycles. The number of alkyl halides is 3. The molecule has 1 heterocycles. The third kappa shape index (κ3) is 2.28. The summed E-state index contributed by atoms with van der Waals surface area (Å²) < 4.78 is 42.1. The topological polar surface area (TPSA) is 72.3 Å². The third-order valence-corrected chi connectivity index (χ3v) is 2.81. The molecule has 0 aliphatic heterocycles. The number of hydrogen-bond acceptors (Lipinski definition) is 4. The molecule has 0 aliphatic rings. The van der Waals surface area contributed by atoms with Crippen LogP contribution in [0.25, 0.3) is 11.3 Å². The number of phenolic OH excluding ortho intramolecular Hbond substituents is 1. The van der Waals surface area contributed by atoms with Crippen LogP contribution in [-0.2, 0) is 6.18 Å². The van der Waals surface area contributed by atoms with Gasteiger partial charge >= 0.3 is 6.18 Å². The monoisotopic (exact) mass is 322 g/mol. The number of phenols is 1. The molecule has 0 unspecified atom stereocenters. The smallest absolute Gasteiger partial charge is 0.416 e. The lowest BCUT2D eigenvalue weighted by molar-refractivity contribution is -0.137. The van der Waals surface area contributed by atoms with Crippen molar-refractivity contribution in [1.82, 2.24) is 5.16 Å². The zero-order valence-electron chi connectivity index (χ0n) is 8.62. The molecule has 2 rings (SSSR count). The number of benzene rings is 1. The Morgan fingerprint density at radius 2 is 1.94 bits per heavy atom. The van der Waals surface area contributed by atoms with Gasteiger partial charge in [0.1, 0.15) is 11.4 Å². The van der Waals surface area contributed by atoms with Crippen molar-refractivity contribution < 1.29 is 22.8 Å². The van der Waals surface area contributed by atoms with Gasteiger partial charge in [0.25, 0.3) is 0 Å². The van der Waals surface area contributed by atoms with Gasteiger partial charge in [-0.3, -0.25) is 0 Å². The molecule has 1 aromatic carbocycles. The number of hydrogen-bond donors (Lipinski definition) is 2. The second-order valence-electron chi connectivity index (χ2n) is 3.46. The summed E-state index contributed by atoms with van der Waals surface area (Å²) in [4.78, 5) is 0. The number of halogens is 4. The zero-order chi connectivity index (χ0) is 13.5. The molecular formula is C10H6BrF3N2O2. The summed E-state index contributed by atoms with van der Waals surface area (Å²) in [5, 5.41) is 13.2. The van der Waals surface area contributed by atoms with Crippen molar-refractivity contribution in [2.24, 2.45) is 0 Å². The van der Waals surface area contributed by atoms with E-state index in [-0.39, 0.29) is 21.6 Å². The van der Waals surface area contributed by atoms with Crippen molar-refractivity contribution in [3.63, 3.8) is 0 Å². The fourth-order valence-corrected chi connectivity index (χ4v) is 2.07. The lowest BCUT2D eigenvalue weighted by atomic mass is 10.1. The first-order chi connectivity index (χ1) is 8.29. The Labute approximate surface area is 107 Å². The summed E-state index contributed by atoms with van der Waals surface area (Å²) in [5.74, 6) is -0.568. The number of anilines is 1. The van der Waals surface area contributed by atoms with Crippen molar-refractivity contribution in [1.29, 1.82) is 0 Å². The summed E-state index contributed by atoms with van der Waals surface area (Å²) in [6.07, 6.45) is -4.54. The van der Waals surface area contributed by atoms with E-state index in [0.29, 0.717) is 6.07 Å². The first kappa shape index (κ1) is 12.7. The van der Waals surface area contributed by atoms with E-state index in [0.717, 1.165) is 6.07 Å². The van der Waals surface area contributed by atoms with E-state index in [1.165, 1.54) is 6.07 Å². The van der Waals surface area contributed by atoms with Gasteiger partial charge < -0.3 is 15.4 Å². The minimum atomic E-state index is -4.54. The number of nitrogens with two attached hydrogens (primary N) is 1. The second kappa shape index (κ2) is 4.20. The first-order valence-corrected chi connectivity index (χ1v) is 5.40. The lowest BCUT2D eigenvalue weighted by Crippen LogP contribution is -2.05. The van der Waals surface area contributed by atoms with Crippen LogP contribution in [0.5, 0.6) is 5.75 Å². The van der Waals surface area contributed by atoms with Gasteiger partial charge in [0.05, 0.1) is 11.1 Å². The highest BCUT2D eigenvalue weighted by atomic mass is 79.9. The summed E-state index contributed by atoms with van der Waals surface area (Å²) in [5.41, 5.74) is 4.57. The van der Waals surface area contributed by atoms with E-state index in [9.17, 15) is 18.3 Å². The van der Waals surface area contributed by atoms with Crippen LogP contribution in [0.3, 0.4) is 0 Å². The predicted molar refractivity (Wildman–Crippen MR) is 60.7 cm³/mol. The SMILES string of the molecule is Nc1cc(-c2c(O)cc(C(F)(F)F)cc2Br)no1. The molecule has 0 fully saturated rings. The number of rotatable bonds is 1. The molecule has 0 aliphatic carbocycles. The van der Waals surface area contributed by atoms with Gasteiger partial charge in [-0.15, -0.1) is 0 Å². The minimum absolute atomic E-state index is 0.00352. The van der Waals surface area contributed by atoms with Crippen molar-refractivity contribution in [3.8, 4) is 17.0 Å². The Morgan fingerprint density at radius 1 is 1.28 bits per heavy atom. The van der Waals surface area contributed by atoms with E-state index in [1.807, 2.05) is 0 Å². The van der Waals surface area contributed by atoms with Crippen molar-refractivity contribution in [2.75, 3.05) is 5.73 Å². The Bertz CT molecular complexity index is 572. The van der Waals surface area contributed by atoms with E-state index in [1.54, 1.807) is 0 Å². The highest BCUT2D eigenvalue weighted by Crippen LogP contribution is 2.41. The maximum Gasteiger partial charge on any atom is 0.416 e. The van der Waals surface area contributed by atoms with Crippen LogP contribution in [0.1, 0.15) is 5.56 Å². The normalized spacial score (nSPS) is 11.8. The van der Waals surface area contributed by atoms with Gasteiger partial charge in [-0.2, -0.15) is 13.2 Å². The molecule has 1 aromatic heterocycles. The molecule has 0 radical (unpaired) electrons. The first-order valence-electron chi connectivity index (χ1n) is 4.61. The number of aromatic nitrogens is 1. The maximum absolute atomic E-state index is 12.5. The van der Waals surface area contributed by atoms with Crippen molar-refractivity contribution in [2.45, 2.75) is 6.18 Å². The van der Waals surface area contributed by atoms with Crippen LogP contribution in [-0.4, -0.2) is 10.3 Å². The van der Waals surface area contributed by atoms with Gasteiger partial charge in [0.2, 0.25) is 5.88 Å². The molecule has 96 valence electrons. The lowest BCUT2D eigenvalue weighted by Gasteiger charge is -2.10. The molecule has 0 amide bonds. The van der Waals surface area contributed by atoms with E-state index in [2.05, 4.69) is 25.6 Å².